The molecule has 4 rings (SSSR count). The van der Waals surface area contributed by atoms with Crippen LogP contribution in [0.5, 0.6) is 5.75 Å². The van der Waals surface area contributed by atoms with Crippen LogP contribution in [0.25, 0.3) is 5.76 Å². The Morgan fingerprint density at radius 2 is 1.94 bits per heavy atom. The third kappa shape index (κ3) is 4.32. The fraction of sp³-hybridized carbons (Fsp3) is 0.160. The number of pyridine rings is 1. The van der Waals surface area contributed by atoms with Crippen LogP contribution in [0.3, 0.4) is 0 Å². The number of aliphatic hydroxyl groups is 1. The fourth-order valence-corrected chi connectivity index (χ4v) is 4.47. The Morgan fingerprint density at radius 3 is 2.58 bits per heavy atom. The molecule has 168 valence electrons. The molecule has 1 aliphatic rings. The van der Waals surface area contributed by atoms with Crippen molar-refractivity contribution < 1.29 is 19.4 Å². The molecule has 0 aliphatic carbocycles. The van der Waals surface area contributed by atoms with Gasteiger partial charge < -0.3 is 14.7 Å². The van der Waals surface area contributed by atoms with Gasteiger partial charge in [-0.1, -0.05) is 35.3 Å². The summed E-state index contributed by atoms with van der Waals surface area (Å²) in [6, 6.07) is 12.5. The molecule has 6 nitrogen and oxygen atoms in total. The van der Waals surface area contributed by atoms with Crippen molar-refractivity contribution in [1.29, 1.82) is 0 Å². The Morgan fingerprint density at radius 1 is 1.15 bits per heavy atom. The van der Waals surface area contributed by atoms with Gasteiger partial charge >= 0.3 is 0 Å². The van der Waals surface area contributed by atoms with Gasteiger partial charge in [-0.05, 0) is 60.0 Å². The van der Waals surface area contributed by atoms with E-state index in [0.29, 0.717) is 21.9 Å². The van der Waals surface area contributed by atoms with Gasteiger partial charge in [-0.2, -0.15) is 0 Å². The molecule has 1 amide bonds. The van der Waals surface area contributed by atoms with Gasteiger partial charge in [0.05, 0.1) is 18.7 Å². The molecule has 0 unspecified atom stereocenters. The Hall–Kier alpha value is -3.35. The number of aryl methyl sites for hydroxylation is 1. The highest BCUT2D eigenvalue weighted by Crippen LogP contribution is 2.43. The average molecular weight is 483 g/mol. The number of halogens is 2. The monoisotopic (exact) mass is 482 g/mol. The number of benzene rings is 2. The molecule has 1 aromatic heterocycles. The van der Waals surface area contributed by atoms with Crippen LogP contribution in [0.15, 0.2) is 66.5 Å². The van der Waals surface area contributed by atoms with Gasteiger partial charge in [0.1, 0.15) is 11.5 Å². The SMILES string of the molecule is COc1ccc(C(O)=C2C(=O)C(=O)N(Cc3cccnc3)[C@H]2c2ccc(Cl)cc2Cl)cc1C. The van der Waals surface area contributed by atoms with E-state index in [1.54, 1.807) is 68.0 Å². The Kier molecular flexibility index (Phi) is 6.40. The second-order valence-electron chi connectivity index (χ2n) is 7.64. The largest absolute Gasteiger partial charge is 0.507 e. The van der Waals surface area contributed by atoms with Crippen molar-refractivity contribution in [1.82, 2.24) is 9.88 Å². The van der Waals surface area contributed by atoms with Crippen LogP contribution in [0.1, 0.15) is 28.3 Å². The highest BCUT2D eigenvalue weighted by molar-refractivity contribution is 6.47. The van der Waals surface area contributed by atoms with E-state index in [1.807, 2.05) is 6.92 Å². The number of Topliss-reactive ketones (excluding diaryl/α,β-unsaturated/α-hetero) is 1. The molecule has 1 saturated heterocycles. The summed E-state index contributed by atoms with van der Waals surface area (Å²) >= 11 is 12.6. The zero-order valence-electron chi connectivity index (χ0n) is 17.9. The van der Waals surface area contributed by atoms with Gasteiger partial charge in [0, 0.05) is 34.5 Å². The summed E-state index contributed by atoms with van der Waals surface area (Å²) in [4.78, 5) is 31.8. The van der Waals surface area contributed by atoms with E-state index in [4.69, 9.17) is 27.9 Å². The minimum atomic E-state index is -0.905. The van der Waals surface area contributed by atoms with E-state index in [0.717, 1.165) is 11.1 Å². The summed E-state index contributed by atoms with van der Waals surface area (Å²) in [5.41, 5.74) is 2.33. The minimum absolute atomic E-state index is 0.0438. The van der Waals surface area contributed by atoms with Crippen molar-refractivity contribution in [2.24, 2.45) is 0 Å². The normalized spacial score (nSPS) is 17.5. The predicted molar refractivity (Wildman–Crippen MR) is 126 cm³/mol. The zero-order chi connectivity index (χ0) is 23.7. The maximum Gasteiger partial charge on any atom is 0.295 e. The molecule has 33 heavy (non-hydrogen) atoms. The number of ketones is 1. The topological polar surface area (TPSA) is 79.7 Å². The fourth-order valence-electron chi connectivity index (χ4n) is 3.96. The Labute approximate surface area is 201 Å². The van der Waals surface area contributed by atoms with E-state index in [1.165, 1.54) is 4.90 Å². The van der Waals surface area contributed by atoms with E-state index in [9.17, 15) is 14.7 Å². The lowest BCUT2D eigenvalue weighted by Gasteiger charge is -2.26. The third-order valence-corrected chi connectivity index (χ3v) is 6.10. The number of amides is 1. The first-order valence-electron chi connectivity index (χ1n) is 10.1. The molecule has 1 N–H and O–H groups in total. The summed E-state index contributed by atoms with van der Waals surface area (Å²) in [6.07, 6.45) is 3.24. The number of ether oxygens (including phenoxy) is 1. The maximum atomic E-state index is 13.2. The quantitative estimate of drug-likeness (QED) is 0.302. The molecule has 2 aromatic carbocycles. The van der Waals surface area contributed by atoms with E-state index in [-0.39, 0.29) is 22.9 Å². The number of carbonyl (C=O) groups excluding carboxylic acids is 2. The zero-order valence-corrected chi connectivity index (χ0v) is 19.4. The molecular formula is C25H20Cl2N2O4. The number of nitrogens with zero attached hydrogens (tertiary/aromatic N) is 2. The first kappa shape index (κ1) is 22.8. The summed E-state index contributed by atoms with van der Waals surface area (Å²) in [6.45, 7) is 1.94. The highest BCUT2D eigenvalue weighted by atomic mass is 35.5. The molecule has 1 fully saturated rings. The van der Waals surface area contributed by atoms with Crippen LogP contribution in [0, 0.1) is 6.92 Å². The van der Waals surface area contributed by atoms with Crippen molar-refractivity contribution in [2.75, 3.05) is 7.11 Å². The van der Waals surface area contributed by atoms with E-state index >= 15 is 0 Å². The average Bonchev–Trinajstić information content (AvgIpc) is 3.04. The predicted octanol–water partition coefficient (Wildman–Crippen LogP) is 5.33. The maximum absolute atomic E-state index is 13.2. The number of likely N-dealkylation sites (tertiary alicyclic amines) is 1. The summed E-state index contributed by atoms with van der Waals surface area (Å²) in [7, 11) is 1.55. The second-order valence-corrected chi connectivity index (χ2v) is 8.48. The van der Waals surface area contributed by atoms with Crippen LogP contribution in [0.4, 0.5) is 0 Å². The number of hydrogen-bond donors (Lipinski definition) is 1. The van der Waals surface area contributed by atoms with Crippen molar-refractivity contribution in [3.05, 3.63) is 98.8 Å². The van der Waals surface area contributed by atoms with Crippen LogP contribution >= 0.6 is 23.2 Å². The van der Waals surface area contributed by atoms with Crippen molar-refractivity contribution in [2.45, 2.75) is 19.5 Å². The molecule has 3 aromatic rings. The van der Waals surface area contributed by atoms with Crippen molar-refractivity contribution in [3.8, 4) is 5.75 Å². The van der Waals surface area contributed by atoms with Gasteiger partial charge in [0.2, 0.25) is 0 Å². The van der Waals surface area contributed by atoms with E-state index in [2.05, 4.69) is 4.98 Å². The summed E-state index contributed by atoms with van der Waals surface area (Å²) < 4.78 is 5.28. The van der Waals surface area contributed by atoms with Crippen LogP contribution < -0.4 is 4.74 Å². The smallest absolute Gasteiger partial charge is 0.295 e. The van der Waals surface area contributed by atoms with Crippen molar-refractivity contribution >= 4 is 40.7 Å². The molecule has 8 heteroatoms. The van der Waals surface area contributed by atoms with Crippen molar-refractivity contribution in [3.63, 3.8) is 0 Å². The van der Waals surface area contributed by atoms with E-state index < -0.39 is 17.7 Å². The lowest BCUT2D eigenvalue weighted by atomic mass is 9.94. The molecule has 1 atom stereocenters. The van der Waals surface area contributed by atoms with Gasteiger partial charge in [-0.25, -0.2) is 0 Å². The number of methoxy groups -OCH3 is 1. The number of rotatable bonds is 5. The second kappa shape index (κ2) is 9.25. The molecule has 0 saturated carbocycles. The Bertz CT molecular complexity index is 1270. The number of aromatic nitrogens is 1. The molecule has 0 spiro atoms. The molecule has 0 radical (unpaired) electrons. The highest BCUT2D eigenvalue weighted by Gasteiger charge is 2.46. The van der Waals surface area contributed by atoms with Gasteiger partial charge in [-0.3, -0.25) is 14.6 Å². The standard InChI is InChI=1S/C25H20Cl2N2O4/c1-14-10-16(5-8-20(14)33-2)23(30)21-22(18-7-6-17(26)11-19(18)27)29(25(32)24(21)31)13-15-4-3-9-28-12-15/h3-12,22,30H,13H2,1-2H3/t22-/m0/s1. The van der Waals surface area contributed by atoms with Gasteiger partial charge in [0.25, 0.3) is 11.7 Å². The van der Waals surface area contributed by atoms with Crippen LogP contribution in [-0.4, -0.2) is 33.8 Å². The number of aliphatic hydroxyl groups excluding tert-OH is 1. The molecule has 2 heterocycles. The lowest BCUT2D eigenvalue weighted by Crippen LogP contribution is -2.29. The minimum Gasteiger partial charge on any atom is -0.507 e. The third-order valence-electron chi connectivity index (χ3n) is 5.54. The Balaban J connectivity index is 1.90. The van der Waals surface area contributed by atoms with Crippen LogP contribution in [0.2, 0.25) is 10.0 Å². The molecular weight excluding hydrogens is 463 g/mol. The first-order chi connectivity index (χ1) is 15.8. The van der Waals surface area contributed by atoms with Gasteiger partial charge in [0.15, 0.2) is 0 Å². The van der Waals surface area contributed by atoms with Gasteiger partial charge in [-0.15, -0.1) is 0 Å². The number of carbonyl (C=O) groups is 2. The van der Waals surface area contributed by atoms with Crippen LogP contribution in [-0.2, 0) is 16.1 Å². The lowest BCUT2D eigenvalue weighted by molar-refractivity contribution is -0.140. The summed E-state index contributed by atoms with van der Waals surface area (Å²) in [5, 5.41) is 11.9. The first-order valence-corrected chi connectivity index (χ1v) is 10.8. The summed E-state index contributed by atoms with van der Waals surface area (Å²) in [5.74, 6) is -1.17. The molecule has 1 aliphatic heterocycles. The number of hydrogen-bond acceptors (Lipinski definition) is 5. The molecule has 0 bridgehead atoms.